The van der Waals surface area contributed by atoms with Gasteiger partial charge in [-0.15, -0.1) is 11.3 Å². The third-order valence-corrected chi connectivity index (χ3v) is 12.3. The van der Waals surface area contributed by atoms with E-state index < -0.39 is 0 Å². The first-order chi connectivity index (χ1) is 27.3. The summed E-state index contributed by atoms with van der Waals surface area (Å²) in [5.74, 6) is 0.664. The van der Waals surface area contributed by atoms with Crippen molar-refractivity contribution in [3.63, 3.8) is 0 Å². The van der Waals surface area contributed by atoms with Crippen LogP contribution in [0.4, 0.5) is 0 Å². The van der Waals surface area contributed by atoms with Crippen LogP contribution in [0.3, 0.4) is 0 Å². The van der Waals surface area contributed by atoms with E-state index in [2.05, 4.69) is 191 Å². The second-order valence-electron chi connectivity index (χ2n) is 14.1. The quantitative estimate of drug-likeness (QED) is 0.182. The molecule has 0 saturated carbocycles. The van der Waals surface area contributed by atoms with Gasteiger partial charge in [-0.1, -0.05) is 146 Å². The lowest BCUT2D eigenvalue weighted by atomic mass is 10.0. The number of benzene rings is 8. The molecule has 4 nitrogen and oxygen atoms in total. The third-order valence-electron chi connectivity index (χ3n) is 11.1. The van der Waals surface area contributed by atoms with Gasteiger partial charge in [0.2, 0.25) is 5.95 Å². The summed E-state index contributed by atoms with van der Waals surface area (Å²) in [7, 11) is 0. The Bertz CT molecular complexity index is 3470. The van der Waals surface area contributed by atoms with Crippen LogP contribution in [0.15, 0.2) is 182 Å². The largest absolute Gasteiger partial charge is 0.309 e. The van der Waals surface area contributed by atoms with Gasteiger partial charge in [0.1, 0.15) is 0 Å². The topological polar surface area (TPSA) is 35.6 Å². The van der Waals surface area contributed by atoms with E-state index in [1.54, 1.807) is 0 Å². The monoisotopic (exact) mass is 718 g/mol. The van der Waals surface area contributed by atoms with Gasteiger partial charge >= 0.3 is 0 Å². The Balaban J connectivity index is 1.25. The fraction of sp³-hybridized carbons (Fsp3) is 0. The van der Waals surface area contributed by atoms with Crippen LogP contribution >= 0.6 is 11.3 Å². The van der Waals surface area contributed by atoms with Crippen LogP contribution in [-0.4, -0.2) is 19.1 Å². The summed E-state index contributed by atoms with van der Waals surface area (Å²) in [5, 5.41) is 8.42. The van der Waals surface area contributed by atoms with Crippen molar-refractivity contribution in [3.8, 4) is 34.0 Å². The standard InChI is InChI=1S/C50H30N4S/c1-3-15-31(16-4-1)32-27-29-33(30-28-32)46-35-19-7-11-23-39(35)51-50(52-46)54-41-25-13-9-21-37(41)44-43-36-20-8-12-24-40(36)53(34-17-5-2-6-18-34)47(43)45-38-22-10-14-26-42(38)55-49(45)48(44)54/h1-30H. The van der Waals surface area contributed by atoms with Gasteiger partial charge in [0.25, 0.3) is 0 Å². The van der Waals surface area contributed by atoms with Gasteiger partial charge in [0.05, 0.1) is 38.0 Å². The van der Waals surface area contributed by atoms with Gasteiger partial charge in [-0.25, -0.2) is 9.97 Å². The van der Waals surface area contributed by atoms with Crippen molar-refractivity contribution in [1.82, 2.24) is 19.1 Å². The molecule has 5 heteroatoms. The maximum Gasteiger partial charge on any atom is 0.235 e. The summed E-state index contributed by atoms with van der Waals surface area (Å²) >= 11 is 1.86. The number of hydrogen-bond acceptors (Lipinski definition) is 3. The zero-order valence-corrected chi connectivity index (χ0v) is 30.3. The second kappa shape index (κ2) is 11.7. The molecule has 0 N–H and O–H groups in total. The lowest BCUT2D eigenvalue weighted by molar-refractivity contribution is 1.02. The molecule has 256 valence electrons. The number of nitrogens with zero attached hydrogens (tertiary/aromatic N) is 4. The van der Waals surface area contributed by atoms with E-state index in [1.165, 1.54) is 63.9 Å². The molecule has 0 atom stereocenters. The molecular formula is C50H30N4S. The zero-order chi connectivity index (χ0) is 36.0. The van der Waals surface area contributed by atoms with Crippen LogP contribution in [0.1, 0.15) is 0 Å². The Morgan fingerprint density at radius 2 is 0.927 bits per heavy atom. The first kappa shape index (κ1) is 30.4. The van der Waals surface area contributed by atoms with E-state index in [0.717, 1.165) is 38.9 Å². The molecule has 4 aromatic heterocycles. The summed E-state index contributed by atoms with van der Waals surface area (Å²) < 4.78 is 7.30. The van der Waals surface area contributed by atoms with Crippen molar-refractivity contribution in [2.45, 2.75) is 0 Å². The number of fused-ring (bicyclic) bond motifs is 13. The molecular weight excluding hydrogens is 689 g/mol. The van der Waals surface area contributed by atoms with E-state index >= 15 is 0 Å². The second-order valence-corrected chi connectivity index (χ2v) is 15.2. The lowest BCUT2D eigenvalue weighted by Gasteiger charge is -2.13. The van der Waals surface area contributed by atoms with E-state index in [0.29, 0.717) is 5.95 Å². The molecule has 0 aliphatic heterocycles. The molecule has 55 heavy (non-hydrogen) atoms. The average molecular weight is 719 g/mol. The zero-order valence-electron chi connectivity index (χ0n) is 29.5. The Labute approximate surface area is 319 Å². The van der Waals surface area contributed by atoms with Gasteiger partial charge in [0, 0.05) is 53.7 Å². The number of para-hydroxylation sites is 4. The molecule has 0 unspecified atom stereocenters. The van der Waals surface area contributed by atoms with Crippen molar-refractivity contribution in [2.24, 2.45) is 0 Å². The molecule has 4 heterocycles. The highest BCUT2D eigenvalue weighted by Crippen LogP contribution is 2.51. The molecule has 0 radical (unpaired) electrons. The van der Waals surface area contributed by atoms with Crippen molar-refractivity contribution in [1.29, 1.82) is 0 Å². The van der Waals surface area contributed by atoms with Crippen LogP contribution in [0.2, 0.25) is 0 Å². The van der Waals surface area contributed by atoms with Crippen LogP contribution in [0.25, 0.3) is 109 Å². The predicted octanol–water partition coefficient (Wildman–Crippen LogP) is 13.5. The van der Waals surface area contributed by atoms with Gasteiger partial charge < -0.3 is 4.57 Å². The third kappa shape index (κ3) is 4.39. The van der Waals surface area contributed by atoms with Crippen molar-refractivity contribution in [2.75, 3.05) is 0 Å². The predicted molar refractivity (Wildman–Crippen MR) is 232 cm³/mol. The highest BCUT2D eigenvalue weighted by molar-refractivity contribution is 7.27. The minimum atomic E-state index is 0.664. The molecule has 0 aliphatic rings. The van der Waals surface area contributed by atoms with Crippen LogP contribution in [0.5, 0.6) is 0 Å². The number of hydrogen-bond donors (Lipinski definition) is 0. The SMILES string of the molecule is c1ccc(-c2ccc(-c3nc(-n4c5ccccc5c5c6c7ccccc7n(-c7ccccc7)c6c6c7ccccc7sc6c54)nc4ccccc34)cc2)cc1. The normalized spacial score (nSPS) is 12.0. The molecule has 0 spiro atoms. The van der Waals surface area contributed by atoms with Crippen LogP contribution < -0.4 is 0 Å². The highest BCUT2D eigenvalue weighted by Gasteiger charge is 2.27. The Kier molecular flexibility index (Phi) is 6.47. The Morgan fingerprint density at radius 1 is 0.382 bits per heavy atom. The maximum absolute atomic E-state index is 5.52. The number of thiophene rings is 1. The van der Waals surface area contributed by atoms with Crippen molar-refractivity contribution < 1.29 is 0 Å². The van der Waals surface area contributed by atoms with Crippen molar-refractivity contribution in [3.05, 3.63) is 182 Å². The molecule has 12 rings (SSSR count). The number of aromatic nitrogens is 4. The average Bonchev–Trinajstić information content (AvgIpc) is 3.92. The van der Waals surface area contributed by atoms with Gasteiger partial charge in [0.15, 0.2) is 0 Å². The van der Waals surface area contributed by atoms with E-state index in [9.17, 15) is 0 Å². The fourth-order valence-electron chi connectivity index (χ4n) is 8.77. The van der Waals surface area contributed by atoms with E-state index in [-0.39, 0.29) is 0 Å². The van der Waals surface area contributed by atoms with Gasteiger partial charge in [-0.3, -0.25) is 4.57 Å². The molecule has 0 amide bonds. The minimum Gasteiger partial charge on any atom is -0.309 e. The fourth-order valence-corrected chi connectivity index (χ4v) is 10.0. The van der Waals surface area contributed by atoms with Crippen LogP contribution in [0, 0.1) is 0 Å². The Morgan fingerprint density at radius 3 is 1.67 bits per heavy atom. The molecule has 0 aliphatic carbocycles. The summed E-state index contributed by atoms with van der Waals surface area (Å²) in [6.45, 7) is 0. The number of rotatable bonds is 4. The van der Waals surface area contributed by atoms with Gasteiger partial charge in [-0.05, 0) is 47.5 Å². The maximum atomic E-state index is 5.52. The van der Waals surface area contributed by atoms with Crippen LogP contribution in [-0.2, 0) is 0 Å². The molecule has 8 aromatic carbocycles. The van der Waals surface area contributed by atoms with Gasteiger partial charge in [-0.2, -0.15) is 0 Å². The first-order valence-corrected chi connectivity index (χ1v) is 19.4. The smallest absolute Gasteiger partial charge is 0.235 e. The highest BCUT2D eigenvalue weighted by atomic mass is 32.1. The summed E-state index contributed by atoms with van der Waals surface area (Å²) in [5.41, 5.74) is 11.0. The summed E-state index contributed by atoms with van der Waals surface area (Å²) in [6, 6.07) is 65.0. The molecule has 0 saturated heterocycles. The summed E-state index contributed by atoms with van der Waals surface area (Å²) in [4.78, 5) is 10.9. The minimum absolute atomic E-state index is 0.664. The molecule has 0 fully saturated rings. The molecule has 0 bridgehead atoms. The summed E-state index contributed by atoms with van der Waals surface area (Å²) in [6.07, 6.45) is 0. The lowest BCUT2D eigenvalue weighted by Crippen LogP contribution is -2.03. The first-order valence-electron chi connectivity index (χ1n) is 18.6. The van der Waals surface area contributed by atoms with Crippen molar-refractivity contribution >= 4 is 86.0 Å². The Hall–Kier alpha value is -7.08. The molecule has 12 aromatic rings. The van der Waals surface area contributed by atoms with E-state index in [1.807, 2.05) is 11.3 Å². The van der Waals surface area contributed by atoms with E-state index in [4.69, 9.17) is 9.97 Å².